The Bertz CT molecular complexity index is 123. The van der Waals surface area contributed by atoms with Gasteiger partial charge in [-0.05, 0) is 6.42 Å². The summed E-state index contributed by atoms with van der Waals surface area (Å²) < 4.78 is 0. The molecule has 2 N–H and O–H groups in total. The molecule has 0 spiro atoms. The van der Waals surface area contributed by atoms with Gasteiger partial charge in [0.05, 0.1) is 0 Å². The van der Waals surface area contributed by atoms with E-state index in [2.05, 4.69) is 6.92 Å². The fraction of sp³-hybridized carbons (Fsp3) is 0.750. The molecule has 13 heavy (non-hydrogen) atoms. The second-order valence-corrected chi connectivity index (χ2v) is 2.33. The minimum absolute atomic E-state index is 0.750. The fourth-order valence-corrected chi connectivity index (χ4v) is 0.710. The third-order valence-electron chi connectivity index (χ3n) is 0.987. The normalized spacial score (nSPS) is 6.31. The van der Waals surface area contributed by atoms with E-state index < -0.39 is 0 Å². The summed E-state index contributed by atoms with van der Waals surface area (Å²) in [6.07, 6.45) is 6.64. The topological polar surface area (TPSA) is 81.8 Å². The molecule has 0 saturated carbocycles. The van der Waals surface area contributed by atoms with Gasteiger partial charge in [-0.25, -0.2) is 20.4 Å². The highest BCUT2D eigenvalue weighted by Gasteiger charge is 1.81. The molecule has 0 unspecified atom stereocenters. The smallest absolute Gasteiger partial charge is 0.222 e. The number of nitrogens with one attached hydrogen (secondary N) is 2. The van der Waals surface area contributed by atoms with Crippen LogP contribution in [0.15, 0.2) is 0 Å². The number of alkyl halides is 1. The van der Waals surface area contributed by atoms with Crippen molar-refractivity contribution in [1.29, 1.82) is 10.8 Å². The first-order valence-electron chi connectivity index (χ1n) is 3.88. The second-order valence-electron chi connectivity index (χ2n) is 1.95. The lowest BCUT2D eigenvalue weighted by atomic mass is 10.2. The highest BCUT2D eigenvalue weighted by molar-refractivity contribution is 6.17. The Kier molecular flexibility index (Phi) is 42.1. The number of isocyanates is 2. The standard InChI is InChI=1S/C6H13Cl.2CHNO/c1-2-3-4-5-6-7;2*2-1-3/h2-6H2,1H3;2*2H. The quantitative estimate of drug-likeness (QED) is 0.321. The maximum Gasteiger partial charge on any atom is 0.231 e. The van der Waals surface area contributed by atoms with Gasteiger partial charge < -0.3 is 0 Å². The van der Waals surface area contributed by atoms with Crippen LogP contribution in [0.3, 0.4) is 0 Å². The maximum atomic E-state index is 8.35. The molecular formula is C8H15ClN2O2. The molecule has 76 valence electrons. The summed E-state index contributed by atoms with van der Waals surface area (Å²) in [4.78, 5) is 16.7. The van der Waals surface area contributed by atoms with Crippen LogP contribution in [0.1, 0.15) is 32.6 Å². The van der Waals surface area contributed by atoms with Crippen molar-refractivity contribution >= 4 is 23.8 Å². The maximum absolute atomic E-state index is 8.35. The SMILES string of the molecule is CCCCCCCl.N=C=O.N=C=O. The van der Waals surface area contributed by atoms with Gasteiger partial charge in [0.1, 0.15) is 0 Å². The van der Waals surface area contributed by atoms with Crippen LogP contribution in [0.5, 0.6) is 0 Å². The van der Waals surface area contributed by atoms with Gasteiger partial charge in [0, 0.05) is 5.88 Å². The van der Waals surface area contributed by atoms with Gasteiger partial charge in [-0.15, -0.1) is 11.6 Å². The van der Waals surface area contributed by atoms with Crippen molar-refractivity contribution < 1.29 is 9.59 Å². The lowest BCUT2D eigenvalue weighted by molar-refractivity contribution is 0.562. The summed E-state index contributed by atoms with van der Waals surface area (Å²) >= 11 is 5.44. The molecule has 0 rings (SSSR count). The largest absolute Gasteiger partial charge is 0.231 e. The van der Waals surface area contributed by atoms with E-state index in [0.29, 0.717) is 0 Å². The van der Waals surface area contributed by atoms with E-state index in [4.69, 9.17) is 32.0 Å². The monoisotopic (exact) mass is 206 g/mol. The van der Waals surface area contributed by atoms with Crippen molar-refractivity contribution in [1.82, 2.24) is 0 Å². The Balaban J connectivity index is -0.000000140. The van der Waals surface area contributed by atoms with Crippen LogP contribution in [0.2, 0.25) is 0 Å². The molecule has 5 heteroatoms. The third kappa shape index (κ3) is 97.3. The molecule has 0 aliphatic heterocycles. The minimum atomic E-state index is 0.750. The number of halogens is 1. The van der Waals surface area contributed by atoms with Crippen molar-refractivity contribution in [2.24, 2.45) is 0 Å². The highest BCUT2D eigenvalue weighted by Crippen LogP contribution is 1.98. The minimum Gasteiger partial charge on any atom is -0.222 e. The predicted molar refractivity (Wildman–Crippen MR) is 51.7 cm³/mol. The zero-order chi connectivity index (χ0) is 10.9. The second kappa shape index (κ2) is 30.5. The summed E-state index contributed by atoms with van der Waals surface area (Å²) in [5.41, 5.74) is 0. The summed E-state index contributed by atoms with van der Waals surface area (Å²) in [7, 11) is 0. The number of rotatable bonds is 4. The molecule has 0 aliphatic carbocycles. The summed E-state index contributed by atoms with van der Waals surface area (Å²) in [6, 6.07) is 0. The summed E-state index contributed by atoms with van der Waals surface area (Å²) in [5, 5.41) is 10.8. The molecule has 0 aromatic heterocycles. The van der Waals surface area contributed by atoms with Crippen LogP contribution in [0.4, 0.5) is 0 Å². The molecule has 0 aliphatic rings. The molecule has 0 aromatic carbocycles. The van der Waals surface area contributed by atoms with Crippen LogP contribution >= 0.6 is 11.6 Å². The first-order valence-corrected chi connectivity index (χ1v) is 4.42. The summed E-state index contributed by atoms with van der Waals surface area (Å²) in [6.45, 7) is 2.20. The molecular weight excluding hydrogens is 192 g/mol. The molecule has 0 fully saturated rings. The van der Waals surface area contributed by atoms with E-state index in [9.17, 15) is 0 Å². The first kappa shape index (κ1) is 18.0. The van der Waals surface area contributed by atoms with E-state index in [0.717, 1.165) is 18.0 Å². The third-order valence-corrected chi connectivity index (χ3v) is 1.25. The molecule has 0 heterocycles. The Hall–Kier alpha value is -0.950. The van der Waals surface area contributed by atoms with Crippen molar-refractivity contribution in [3.63, 3.8) is 0 Å². The Morgan fingerprint density at radius 2 is 1.46 bits per heavy atom. The molecule has 0 saturated heterocycles. The molecule has 4 nitrogen and oxygen atoms in total. The van der Waals surface area contributed by atoms with Crippen LogP contribution in [-0.4, -0.2) is 18.0 Å². The number of hydrogen-bond acceptors (Lipinski definition) is 4. The molecule has 0 aromatic rings. The van der Waals surface area contributed by atoms with Crippen molar-refractivity contribution in [2.45, 2.75) is 32.6 Å². The van der Waals surface area contributed by atoms with Gasteiger partial charge in [-0.1, -0.05) is 26.2 Å². The van der Waals surface area contributed by atoms with E-state index in [1.165, 1.54) is 25.7 Å². The van der Waals surface area contributed by atoms with Gasteiger partial charge in [-0.3, -0.25) is 0 Å². The van der Waals surface area contributed by atoms with E-state index in [1.807, 2.05) is 0 Å². The average molecular weight is 207 g/mol. The molecule has 0 bridgehead atoms. The number of carbonyl (C=O) groups excluding carboxylic acids is 2. The van der Waals surface area contributed by atoms with Crippen molar-refractivity contribution in [2.75, 3.05) is 5.88 Å². The van der Waals surface area contributed by atoms with E-state index >= 15 is 0 Å². The van der Waals surface area contributed by atoms with Gasteiger partial charge >= 0.3 is 0 Å². The Morgan fingerprint density at radius 1 is 1.08 bits per heavy atom. The predicted octanol–water partition coefficient (Wildman–Crippen LogP) is 2.61. The summed E-state index contributed by atoms with van der Waals surface area (Å²) in [5.74, 6) is 0.833. The first-order chi connectivity index (χ1) is 6.24. The fourth-order valence-electron chi connectivity index (χ4n) is 0.521. The Labute approximate surface area is 83.3 Å². The van der Waals surface area contributed by atoms with Gasteiger partial charge in [-0.2, -0.15) is 0 Å². The van der Waals surface area contributed by atoms with Crippen LogP contribution < -0.4 is 0 Å². The highest BCUT2D eigenvalue weighted by atomic mass is 35.5. The molecule has 0 radical (unpaired) electrons. The van der Waals surface area contributed by atoms with Gasteiger partial charge in [0.25, 0.3) is 0 Å². The number of unbranched alkanes of at least 4 members (excludes halogenated alkanes) is 3. The Morgan fingerprint density at radius 3 is 1.69 bits per heavy atom. The van der Waals surface area contributed by atoms with Crippen LogP contribution in [-0.2, 0) is 9.59 Å². The zero-order valence-electron chi connectivity index (χ0n) is 7.73. The van der Waals surface area contributed by atoms with Crippen LogP contribution in [0, 0.1) is 10.8 Å². The van der Waals surface area contributed by atoms with Gasteiger partial charge in [0.15, 0.2) is 0 Å². The van der Waals surface area contributed by atoms with E-state index in [-0.39, 0.29) is 0 Å². The van der Waals surface area contributed by atoms with Crippen LogP contribution in [0.25, 0.3) is 0 Å². The van der Waals surface area contributed by atoms with Crippen molar-refractivity contribution in [3.8, 4) is 0 Å². The molecule has 0 atom stereocenters. The van der Waals surface area contributed by atoms with Crippen molar-refractivity contribution in [3.05, 3.63) is 0 Å². The lowest BCUT2D eigenvalue weighted by Crippen LogP contribution is -1.74. The zero-order valence-corrected chi connectivity index (χ0v) is 8.49. The van der Waals surface area contributed by atoms with Gasteiger partial charge in [0.2, 0.25) is 12.2 Å². The lowest BCUT2D eigenvalue weighted by Gasteiger charge is -1.89. The van der Waals surface area contributed by atoms with E-state index in [1.54, 1.807) is 0 Å². The number of hydrogen-bond donors (Lipinski definition) is 2. The molecule has 0 amide bonds. The average Bonchev–Trinajstić information content (AvgIpc) is 2.08.